The molecule has 45 valence electrons. The fourth-order valence-corrected chi connectivity index (χ4v) is 0.612. The smallest absolute Gasteiger partial charge is 0.147 e. The van der Waals surface area contributed by atoms with Crippen LogP contribution in [0.4, 0.5) is 0 Å². The summed E-state index contributed by atoms with van der Waals surface area (Å²) in [5.41, 5.74) is 2.82. The molecule has 8 heavy (non-hydrogen) atoms. The van der Waals surface area contributed by atoms with Crippen LogP contribution in [0.2, 0.25) is 0 Å². The molecule has 0 aromatic carbocycles. The molecule has 1 aliphatic heterocycles. The molecule has 0 aromatic rings. The van der Waals surface area contributed by atoms with Gasteiger partial charge in [0.15, 0.2) is 0 Å². The van der Waals surface area contributed by atoms with Crippen LogP contribution in [0.25, 0.3) is 0 Å². The highest BCUT2D eigenvalue weighted by molar-refractivity contribution is 4.86. The highest BCUT2D eigenvalue weighted by Gasteiger charge is 2.12. The van der Waals surface area contributed by atoms with Crippen LogP contribution in [0, 0.1) is 6.20 Å². The number of likely N-dealkylation sites (N-methyl/N-ethyl adjacent to an activating group) is 1. The molecule has 3 heteroatoms. The van der Waals surface area contributed by atoms with Gasteiger partial charge in [0.25, 0.3) is 0 Å². The van der Waals surface area contributed by atoms with E-state index in [0.717, 1.165) is 0 Å². The monoisotopic (exact) mass is 113 g/mol. The third kappa shape index (κ3) is 0.827. The van der Waals surface area contributed by atoms with Gasteiger partial charge in [-0.25, -0.2) is 0 Å². The fourth-order valence-electron chi connectivity index (χ4n) is 0.612. The SMILES string of the molecule is COC1C=[C]NN1C. The molecule has 0 fully saturated rings. The second kappa shape index (κ2) is 2.15. The first-order valence-corrected chi connectivity index (χ1v) is 2.44. The summed E-state index contributed by atoms with van der Waals surface area (Å²) in [6, 6.07) is 0. The van der Waals surface area contributed by atoms with Crippen molar-refractivity contribution in [3.8, 4) is 0 Å². The third-order valence-corrected chi connectivity index (χ3v) is 1.09. The van der Waals surface area contributed by atoms with Crippen molar-refractivity contribution >= 4 is 0 Å². The Hall–Kier alpha value is -0.540. The van der Waals surface area contributed by atoms with Gasteiger partial charge < -0.3 is 10.2 Å². The summed E-state index contributed by atoms with van der Waals surface area (Å²) in [5.74, 6) is 0. The molecule has 0 bridgehead atoms. The van der Waals surface area contributed by atoms with Gasteiger partial charge in [0.05, 0.1) is 6.20 Å². The molecule has 3 nitrogen and oxygen atoms in total. The number of hydrogen-bond donors (Lipinski definition) is 1. The van der Waals surface area contributed by atoms with Crippen LogP contribution in [-0.4, -0.2) is 25.4 Å². The molecular weight excluding hydrogens is 104 g/mol. The second-order valence-electron chi connectivity index (χ2n) is 1.66. The number of rotatable bonds is 1. The second-order valence-corrected chi connectivity index (χ2v) is 1.66. The average Bonchev–Trinajstić information content (AvgIpc) is 2.14. The molecule has 1 rings (SSSR count). The largest absolute Gasteiger partial charge is 0.361 e. The van der Waals surface area contributed by atoms with E-state index >= 15 is 0 Å². The molecule has 0 saturated heterocycles. The molecule has 1 radical (unpaired) electrons. The molecule has 0 amide bonds. The first-order chi connectivity index (χ1) is 3.84. The molecule has 1 N–H and O–H groups in total. The van der Waals surface area contributed by atoms with Crippen molar-refractivity contribution < 1.29 is 4.74 Å². The lowest BCUT2D eigenvalue weighted by atomic mass is 10.5. The van der Waals surface area contributed by atoms with E-state index in [1.807, 2.05) is 18.1 Å². The first-order valence-electron chi connectivity index (χ1n) is 2.44. The molecule has 0 aliphatic carbocycles. The van der Waals surface area contributed by atoms with Crippen LogP contribution in [0.5, 0.6) is 0 Å². The summed E-state index contributed by atoms with van der Waals surface area (Å²) in [7, 11) is 3.55. The number of nitrogens with one attached hydrogen (secondary N) is 1. The van der Waals surface area contributed by atoms with Gasteiger partial charge in [-0.3, -0.25) is 0 Å². The van der Waals surface area contributed by atoms with Gasteiger partial charge >= 0.3 is 0 Å². The Labute approximate surface area is 48.9 Å². The van der Waals surface area contributed by atoms with E-state index in [9.17, 15) is 0 Å². The quantitative estimate of drug-likeness (QED) is 0.506. The maximum Gasteiger partial charge on any atom is 0.147 e. The summed E-state index contributed by atoms with van der Waals surface area (Å²) in [6.45, 7) is 0. The summed E-state index contributed by atoms with van der Waals surface area (Å²) in [4.78, 5) is 0. The first kappa shape index (κ1) is 5.59. The summed E-state index contributed by atoms with van der Waals surface area (Å²) in [6.07, 6.45) is 4.67. The Bertz CT molecular complexity index is 103. The summed E-state index contributed by atoms with van der Waals surface area (Å²) < 4.78 is 4.97. The Morgan fingerprint density at radius 2 is 2.62 bits per heavy atom. The van der Waals surface area contributed by atoms with Gasteiger partial charge in [-0.15, -0.1) is 0 Å². The van der Waals surface area contributed by atoms with E-state index in [1.54, 1.807) is 7.11 Å². The Balaban J connectivity index is 2.41. The lowest BCUT2D eigenvalue weighted by Gasteiger charge is -2.16. The van der Waals surface area contributed by atoms with Gasteiger partial charge in [-0.05, 0) is 6.08 Å². The molecule has 0 saturated carbocycles. The lowest BCUT2D eigenvalue weighted by molar-refractivity contribution is 0.0113. The van der Waals surface area contributed by atoms with Crippen LogP contribution in [-0.2, 0) is 4.74 Å². The normalized spacial score (nSPS) is 28.5. The highest BCUT2D eigenvalue weighted by atomic mass is 16.5. The molecule has 0 spiro atoms. The van der Waals surface area contributed by atoms with Crippen LogP contribution in [0.15, 0.2) is 6.08 Å². The van der Waals surface area contributed by atoms with Crippen LogP contribution < -0.4 is 5.43 Å². The Morgan fingerprint density at radius 3 is 2.88 bits per heavy atom. The van der Waals surface area contributed by atoms with Crippen LogP contribution in [0.3, 0.4) is 0 Å². The average molecular weight is 113 g/mol. The van der Waals surface area contributed by atoms with Gasteiger partial charge in [-0.1, -0.05) is 0 Å². The van der Waals surface area contributed by atoms with Crippen LogP contribution in [0.1, 0.15) is 0 Å². The van der Waals surface area contributed by atoms with Crippen molar-refractivity contribution in [2.45, 2.75) is 6.23 Å². The summed E-state index contributed by atoms with van der Waals surface area (Å²) in [5, 5.41) is 1.82. The molecular formula is C5H9N2O. The molecule has 1 atom stereocenters. The Kier molecular flexibility index (Phi) is 1.50. The fraction of sp³-hybridized carbons (Fsp3) is 0.600. The van der Waals surface area contributed by atoms with E-state index in [2.05, 4.69) is 11.6 Å². The van der Waals surface area contributed by atoms with Crippen molar-refractivity contribution in [3.63, 3.8) is 0 Å². The number of methoxy groups -OCH3 is 1. The predicted octanol–water partition coefficient (Wildman–Crippen LogP) is -0.274. The minimum atomic E-state index is 0.0509. The zero-order valence-corrected chi connectivity index (χ0v) is 5.01. The molecule has 1 unspecified atom stereocenters. The van der Waals surface area contributed by atoms with Crippen LogP contribution >= 0.6 is 0 Å². The molecule has 1 heterocycles. The standard InChI is InChI=1S/C5H9N2O/c1-7-5(8-2)3-4-6-7/h3,5-6H,1-2H3. The number of ether oxygens (including phenoxy) is 1. The van der Waals surface area contributed by atoms with Gasteiger partial charge in [-0.2, -0.15) is 5.01 Å². The topological polar surface area (TPSA) is 24.5 Å². The van der Waals surface area contributed by atoms with Crippen molar-refractivity contribution in [1.82, 2.24) is 10.4 Å². The van der Waals surface area contributed by atoms with E-state index < -0.39 is 0 Å². The summed E-state index contributed by atoms with van der Waals surface area (Å²) >= 11 is 0. The molecule has 0 aromatic heterocycles. The van der Waals surface area contributed by atoms with E-state index in [0.29, 0.717) is 0 Å². The van der Waals surface area contributed by atoms with Gasteiger partial charge in [0, 0.05) is 14.2 Å². The lowest BCUT2D eigenvalue weighted by Crippen LogP contribution is -2.34. The van der Waals surface area contributed by atoms with Gasteiger partial charge in [0.1, 0.15) is 6.23 Å². The maximum atomic E-state index is 4.97. The van der Waals surface area contributed by atoms with E-state index in [-0.39, 0.29) is 6.23 Å². The third-order valence-electron chi connectivity index (χ3n) is 1.09. The number of hydrogen-bond acceptors (Lipinski definition) is 3. The van der Waals surface area contributed by atoms with Gasteiger partial charge in [0.2, 0.25) is 0 Å². The number of nitrogens with zero attached hydrogens (tertiary/aromatic N) is 1. The highest BCUT2D eigenvalue weighted by Crippen LogP contribution is 1.99. The van der Waals surface area contributed by atoms with Crippen molar-refractivity contribution in [1.29, 1.82) is 0 Å². The van der Waals surface area contributed by atoms with E-state index in [4.69, 9.17) is 4.74 Å². The molecule has 1 aliphatic rings. The Morgan fingerprint density at radius 1 is 1.88 bits per heavy atom. The zero-order chi connectivity index (χ0) is 5.98. The van der Waals surface area contributed by atoms with Crippen molar-refractivity contribution in [2.75, 3.05) is 14.2 Å². The minimum absolute atomic E-state index is 0.0509. The maximum absolute atomic E-state index is 4.97. The number of hydrazine groups is 1. The van der Waals surface area contributed by atoms with Crippen molar-refractivity contribution in [3.05, 3.63) is 12.3 Å². The predicted molar refractivity (Wildman–Crippen MR) is 29.5 cm³/mol. The van der Waals surface area contributed by atoms with E-state index in [1.165, 1.54) is 0 Å². The van der Waals surface area contributed by atoms with Crippen molar-refractivity contribution in [2.24, 2.45) is 0 Å². The zero-order valence-electron chi connectivity index (χ0n) is 5.01. The minimum Gasteiger partial charge on any atom is -0.361 e.